The number of carbonyl (C=O) groups is 2. The summed E-state index contributed by atoms with van der Waals surface area (Å²) in [5, 5.41) is 11.9. The van der Waals surface area contributed by atoms with Gasteiger partial charge in [0, 0.05) is 25.7 Å². The molecular weight excluding hydrogens is 260 g/mol. The molecule has 0 aromatic rings. The zero-order valence-corrected chi connectivity index (χ0v) is 12.0. The van der Waals surface area contributed by atoms with Crippen LogP contribution in [0, 0.1) is 5.92 Å². The Hall–Kier alpha value is -1.30. The number of amides is 2. The van der Waals surface area contributed by atoms with Gasteiger partial charge in [0.15, 0.2) is 0 Å². The largest absolute Gasteiger partial charge is 0.481 e. The highest BCUT2D eigenvalue weighted by Crippen LogP contribution is 2.25. The number of rotatable bonds is 5. The molecule has 2 fully saturated rings. The van der Waals surface area contributed by atoms with Crippen LogP contribution in [0.3, 0.4) is 0 Å². The van der Waals surface area contributed by atoms with E-state index in [1.54, 1.807) is 4.90 Å². The number of carboxylic acid groups (broad SMARTS) is 1. The van der Waals surface area contributed by atoms with E-state index in [2.05, 4.69) is 5.32 Å². The second-order valence-electron chi connectivity index (χ2n) is 5.67. The van der Waals surface area contributed by atoms with E-state index < -0.39 is 5.97 Å². The van der Waals surface area contributed by atoms with Crippen molar-refractivity contribution in [3.63, 3.8) is 0 Å². The Kier molecular flexibility index (Phi) is 5.23. The number of carbonyl (C=O) groups excluding carboxylic acids is 1. The SMILES string of the molecule is CCN(CC1CCCO1)C(=O)NC1CCC(C(=O)O)C1. The van der Waals surface area contributed by atoms with Crippen LogP contribution in [0.25, 0.3) is 0 Å². The molecule has 20 heavy (non-hydrogen) atoms. The summed E-state index contributed by atoms with van der Waals surface area (Å²) in [7, 11) is 0. The Morgan fingerprint density at radius 3 is 2.70 bits per heavy atom. The van der Waals surface area contributed by atoms with Crippen molar-refractivity contribution in [2.24, 2.45) is 5.92 Å². The molecule has 0 aromatic heterocycles. The van der Waals surface area contributed by atoms with Crippen molar-refractivity contribution in [3.8, 4) is 0 Å². The third-order valence-corrected chi connectivity index (χ3v) is 4.23. The quantitative estimate of drug-likeness (QED) is 0.801. The molecule has 2 aliphatic rings. The van der Waals surface area contributed by atoms with Crippen molar-refractivity contribution in [1.82, 2.24) is 10.2 Å². The number of urea groups is 1. The van der Waals surface area contributed by atoms with Crippen LogP contribution >= 0.6 is 0 Å². The van der Waals surface area contributed by atoms with Gasteiger partial charge in [-0.3, -0.25) is 4.79 Å². The Morgan fingerprint density at radius 2 is 2.15 bits per heavy atom. The van der Waals surface area contributed by atoms with Crippen molar-refractivity contribution in [1.29, 1.82) is 0 Å². The average Bonchev–Trinajstić information content (AvgIpc) is 3.06. The van der Waals surface area contributed by atoms with Gasteiger partial charge >= 0.3 is 12.0 Å². The van der Waals surface area contributed by atoms with Crippen LogP contribution in [-0.4, -0.2) is 53.8 Å². The predicted octanol–water partition coefficient (Wildman–Crippen LogP) is 1.45. The minimum atomic E-state index is -0.756. The smallest absolute Gasteiger partial charge is 0.317 e. The van der Waals surface area contributed by atoms with Crippen LogP contribution < -0.4 is 5.32 Å². The summed E-state index contributed by atoms with van der Waals surface area (Å²) in [4.78, 5) is 24.9. The van der Waals surface area contributed by atoms with E-state index in [1.807, 2.05) is 6.92 Å². The van der Waals surface area contributed by atoms with Gasteiger partial charge in [-0.2, -0.15) is 0 Å². The molecule has 114 valence electrons. The van der Waals surface area contributed by atoms with Gasteiger partial charge < -0.3 is 20.1 Å². The maximum absolute atomic E-state index is 12.2. The average molecular weight is 284 g/mol. The minimum Gasteiger partial charge on any atom is -0.481 e. The van der Waals surface area contributed by atoms with E-state index in [4.69, 9.17) is 9.84 Å². The summed E-state index contributed by atoms with van der Waals surface area (Å²) in [5.74, 6) is -1.07. The van der Waals surface area contributed by atoms with Gasteiger partial charge in [0.25, 0.3) is 0 Å². The molecule has 0 bridgehead atoms. The second-order valence-corrected chi connectivity index (χ2v) is 5.67. The van der Waals surface area contributed by atoms with E-state index in [-0.39, 0.29) is 24.1 Å². The molecule has 6 heteroatoms. The first-order valence-corrected chi connectivity index (χ1v) is 7.50. The summed E-state index contributed by atoms with van der Waals surface area (Å²) in [6.45, 7) is 3.99. The fourth-order valence-electron chi connectivity index (χ4n) is 2.99. The van der Waals surface area contributed by atoms with E-state index >= 15 is 0 Å². The highest BCUT2D eigenvalue weighted by atomic mass is 16.5. The molecule has 1 heterocycles. The van der Waals surface area contributed by atoms with Crippen molar-refractivity contribution >= 4 is 12.0 Å². The van der Waals surface area contributed by atoms with E-state index in [0.29, 0.717) is 25.9 Å². The Balaban J connectivity index is 1.78. The first-order chi connectivity index (χ1) is 9.60. The number of hydrogen-bond donors (Lipinski definition) is 2. The summed E-state index contributed by atoms with van der Waals surface area (Å²) < 4.78 is 5.55. The van der Waals surface area contributed by atoms with Crippen LogP contribution in [0.1, 0.15) is 39.0 Å². The molecule has 3 atom stereocenters. The molecule has 2 N–H and O–H groups in total. The third kappa shape index (κ3) is 3.85. The van der Waals surface area contributed by atoms with Crippen LogP contribution in [0.4, 0.5) is 4.79 Å². The number of nitrogens with zero attached hydrogens (tertiary/aromatic N) is 1. The topological polar surface area (TPSA) is 78.9 Å². The zero-order chi connectivity index (χ0) is 14.5. The van der Waals surface area contributed by atoms with Crippen LogP contribution in [0.2, 0.25) is 0 Å². The highest BCUT2D eigenvalue weighted by molar-refractivity contribution is 5.75. The molecule has 3 unspecified atom stereocenters. The molecule has 0 spiro atoms. The van der Waals surface area contributed by atoms with E-state index in [1.165, 1.54) is 0 Å². The van der Waals surface area contributed by atoms with Gasteiger partial charge in [0.05, 0.1) is 12.0 Å². The molecule has 1 aliphatic heterocycles. The molecule has 1 saturated heterocycles. The maximum atomic E-state index is 12.2. The molecule has 1 aliphatic carbocycles. The molecule has 2 amide bonds. The highest BCUT2D eigenvalue weighted by Gasteiger charge is 2.31. The summed E-state index contributed by atoms with van der Waals surface area (Å²) in [6.07, 6.45) is 4.16. The molecule has 0 radical (unpaired) electrons. The summed E-state index contributed by atoms with van der Waals surface area (Å²) in [6, 6.07) is -0.110. The monoisotopic (exact) mass is 284 g/mol. The van der Waals surface area contributed by atoms with Crippen molar-refractivity contribution in [3.05, 3.63) is 0 Å². The normalized spacial score (nSPS) is 29.4. The number of likely N-dealkylation sites (N-methyl/N-ethyl adjacent to an activating group) is 1. The molecule has 0 aromatic carbocycles. The summed E-state index contributed by atoms with van der Waals surface area (Å²) in [5.41, 5.74) is 0. The number of aliphatic carboxylic acids is 1. The van der Waals surface area contributed by atoms with Gasteiger partial charge in [0.2, 0.25) is 0 Å². The van der Waals surface area contributed by atoms with E-state index in [0.717, 1.165) is 25.9 Å². The lowest BCUT2D eigenvalue weighted by atomic mass is 10.1. The second kappa shape index (κ2) is 6.92. The van der Waals surface area contributed by atoms with Crippen LogP contribution in [0.5, 0.6) is 0 Å². The molecule has 1 saturated carbocycles. The van der Waals surface area contributed by atoms with Crippen molar-refractivity contribution in [2.75, 3.05) is 19.7 Å². The van der Waals surface area contributed by atoms with Crippen molar-refractivity contribution < 1.29 is 19.4 Å². The lowest BCUT2D eigenvalue weighted by molar-refractivity contribution is -0.141. The zero-order valence-electron chi connectivity index (χ0n) is 12.0. The molecule has 6 nitrogen and oxygen atoms in total. The first kappa shape index (κ1) is 15.1. The Bertz CT molecular complexity index is 355. The molecule has 2 rings (SSSR count). The number of ether oxygens (including phenoxy) is 1. The van der Waals surface area contributed by atoms with E-state index in [9.17, 15) is 9.59 Å². The van der Waals surface area contributed by atoms with Crippen LogP contribution in [-0.2, 0) is 9.53 Å². The third-order valence-electron chi connectivity index (χ3n) is 4.23. The first-order valence-electron chi connectivity index (χ1n) is 7.50. The minimum absolute atomic E-state index is 0.0119. The molecular formula is C14H24N2O4. The van der Waals surface area contributed by atoms with Gasteiger partial charge in [-0.05, 0) is 39.0 Å². The predicted molar refractivity (Wildman–Crippen MR) is 73.5 cm³/mol. The standard InChI is InChI=1S/C14H24N2O4/c1-2-16(9-12-4-3-7-20-12)14(19)15-11-6-5-10(8-11)13(17)18/h10-12H,2-9H2,1H3,(H,15,19)(H,17,18). The Labute approximate surface area is 119 Å². The number of carboxylic acids is 1. The van der Waals surface area contributed by atoms with Crippen LogP contribution in [0.15, 0.2) is 0 Å². The van der Waals surface area contributed by atoms with Gasteiger partial charge in [-0.25, -0.2) is 4.79 Å². The fourth-order valence-corrected chi connectivity index (χ4v) is 2.99. The maximum Gasteiger partial charge on any atom is 0.317 e. The van der Waals surface area contributed by atoms with Gasteiger partial charge in [-0.15, -0.1) is 0 Å². The number of nitrogens with one attached hydrogen (secondary N) is 1. The Morgan fingerprint density at radius 1 is 1.35 bits per heavy atom. The van der Waals surface area contributed by atoms with Crippen molar-refractivity contribution in [2.45, 2.75) is 51.2 Å². The fraction of sp³-hybridized carbons (Fsp3) is 0.857. The van der Waals surface area contributed by atoms with Gasteiger partial charge in [-0.1, -0.05) is 0 Å². The van der Waals surface area contributed by atoms with Gasteiger partial charge in [0.1, 0.15) is 0 Å². The summed E-state index contributed by atoms with van der Waals surface area (Å²) >= 11 is 0. The lowest BCUT2D eigenvalue weighted by Gasteiger charge is -2.26. The lowest BCUT2D eigenvalue weighted by Crippen LogP contribution is -2.46. The number of hydrogen-bond acceptors (Lipinski definition) is 3.